The molecular formula is C14H19N3O4. The van der Waals surface area contributed by atoms with Gasteiger partial charge in [0.2, 0.25) is 11.8 Å². The molecule has 0 saturated heterocycles. The van der Waals surface area contributed by atoms with Gasteiger partial charge >= 0.3 is 0 Å². The Labute approximate surface area is 122 Å². The van der Waals surface area contributed by atoms with E-state index in [1.165, 1.54) is 0 Å². The molecule has 4 N–H and O–H groups in total. The molecule has 7 heteroatoms. The fourth-order valence-electron chi connectivity index (χ4n) is 1.90. The van der Waals surface area contributed by atoms with E-state index in [1.807, 2.05) is 18.2 Å². The number of rotatable bonds is 6. The van der Waals surface area contributed by atoms with Crippen LogP contribution in [0.5, 0.6) is 11.5 Å². The minimum atomic E-state index is -0.350. The second-order valence-electron chi connectivity index (χ2n) is 4.56. The van der Waals surface area contributed by atoms with Gasteiger partial charge in [-0.2, -0.15) is 0 Å². The fraction of sp³-hybridized carbons (Fsp3) is 0.429. The Bertz CT molecular complexity index is 519. The van der Waals surface area contributed by atoms with E-state index in [4.69, 9.17) is 15.2 Å². The highest BCUT2D eigenvalue weighted by atomic mass is 16.6. The molecule has 21 heavy (non-hydrogen) atoms. The van der Waals surface area contributed by atoms with E-state index in [0.717, 1.165) is 17.1 Å². The Hall–Kier alpha value is -2.28. The molecule has 0 spiro atoms. The van der Waals surface area contributed by atoms with E-state index < -0.39 is 0 Å². The number of ether oxygens (including phenoxy) is 2. The van der Waals surface area contributed by atoms with Crippen molar-refractivity contribution in [1.29, 1.82) is 0 Å². The van der Waals surface area contributed by atoms with Crippen LogP contribution in [0.2, 0.25) is 0 Å². The Kier molecular flexibility index (Phi) is 5.39. The first-order chi connectivity index (χ1) is 10.2. The van der Waals surface area contributed by atoms with E-state index in [0.29, 0.717) is 26.2 Å². The van der Waals surface area contributed by atoms with Crippen molar-refractivity contribution in [2.24, 2.45) is 5.73 Å². The van der Waals surface area contributed by atoms with Gasteiger partial charge in [0.15, 0.2) is 11.5 Å². The molecule has 2 amide bonds. The Balaban J connectivity index is 1.73. The van der Waals surface area contributed by atoms with E-state index in [9.17, 15) is 9.59 Å². The summed E-state index contributed by atoms with van der Waals surface area (Å²) in [6.45, 7) is 1.42. The summed E-state index contributed by atoms with van der Waals surface area (Å²) in [6.07, 6.45) is 0.674. The molecule has 1 aliphatic rings. The molecule has 7 nitrogen and oxygen atoms in total. The summed E-state index contributed by atoms with van der Waals surface area (Å²) in [7, 11) is 0. The van der Waals surface area contributed by atoms with Gasteiger partial charge in [0.05, 0.1) is 13.1 Å². The molecule has 1 aromatic carbocycles. The maximum atomic E-state index is 11.5. The molecule has 0 aromatic heterocycles. The second kappa shape index (κ2) is 7.49. The van der Waals surface area contributed by atoms with Crippen molar-refractivity contribution in [1.82, 2.24) is 10.6 Å². The number of amides is 2. The molecule has 2 rings (SSSR count). The molecular weight excluding hydrogens is 274 g/mol. The number of carbonyl (C=O) groups is 2. The number of nitrogens with two attached hydrogens (primary N) is 1. The maximum absolute atomic E-state index is 11.5. The van der Waals surface area contributed by atoms with Crippen LogP contribution in [0.4, 0.5) is 0 Å². The molecule has 0 radical (unpaired) electrons. The number of hydrogen-bond acceptors (Lipinski definition) is 5. The van der Waals surface area contributed by atoms with Crippen LogP contribution in [0.25, 0.3) is 0 Å². The molecule has 114 valence electrons. The third-order valence-electron chi connectivity index (χ3n) is 2.97. The van der Waals surface area contributed by atoms with E-state index in [2.05, 4.69) is 10.6 Å². The van der Waals surface area contributed by atoms with Gasteiger partial charge in [0.25, 0.3) is 0 Å². The minimum absolute atomic E-state index is 0.0584. The summed E-state index contributed by atoms with van der Waals surface area (Å²) in [6, 6.07) is 5.72. The molecule has 0 bridgehead atoms. The van der Waals surface area contributed by atoms with Crippen molar-refractivity contribution in [3.05, 3.63) is 23.8 Å². The molecule has 0 aliphatic carbocycles. The van der Waals surface area contributed by atoms with Gasteiger partial charge in [-0.25, -0.2) is 0 Å². The topological polar surface area (TPSA) is 103 Å². The number of carbonyl (C=O) groups excluding carboxylic acids is 2. The maximum Gasteiger partial charge on any atom is 0.239 e. The van der Waals surface area contributed by atoms with Crippen LogP contribution in [0.15, 0.2) is 18.2 Å². The van der Waals surface area contributed by atoms with Crippen LogP contribution in [-0.2, 0) is 16.0 Å². The number of hydrogen-bond donors (Lipinski definition) is 3. The molecule has 0 unspecified atom stereocenters. The monoisotopic (exact) mass is 293 g/mol. The molecule has 0 fully saturated rings. The summed E-state index contributed by atoms with van der Waals surface area (Å²) >= 11 is 0. The van der Waals surface area contributed by atoms with Crippen molar-refractivity contribution >= 4 is 11.8 Å². The van der Waals surface area contributed by atoms with Crippen LogP contribution in [0.1, 0.15) is 5.56 Å². The van der Waals surface area contributed by atoms with Gasteiger partial charge in [-0.15, -0.1) is 0 Å². The molecule has 0 atom stereocenters. The van der Waals surface area contributed by atoms with E-state index in [-0.39, 0.29) is 24.9 Å². The first-order valence-corrected chi connectivity index (χ1v) is 6.81. The van der Waals surface area contributed by atoms with Crippen LogP contribution in [0, 0.1) is 0 Å². The standard InChI is InChI=1S/C14H19N3O4/c15-8-13(18)17-9-14(19)16-4-3-10-1-2-11-12(7-10)21-6-5-20-11/h1-2,7H,3-6,8-9,15H2,(H,16,19)(H,17,18). The SMILES string of the molecule is NCC(=O)NCC(=O)NCCc1ccc2c(c1)OCCO2. The lowest BCUT2D eigenvalue weighted by molar-refractivity contribution is -0.125. The average molecular weight is 293 g/mol. The van der Waals surface area contributed by atoms with Gasteiger partial charge < -0.3 is 25.8 Å². The Morgan fingerprint density at radius 1 is 1.10 bits per heavy atom. The number of fused-ring (bicyclic) bond motifs is 1. The summed E-state index contributed by atoms with van der Waals surface area (Å²) in [4.78, 5) is 22.4. The largest absolute Gasteiger partial charge is 0.486 e. The smallest absolute Gasteiger partial charge is 0.239 e. The highest BCUT2D eigenvalue weighted by molar-refractivity contribution is 5.85. The third-order valence-corrected chi connectivity index (χ3v) is 2.97. The van der Waals surface area contributed by atoms with Crippen molar-refractivity contribution in [3.8, 4) is 11.5 Å². The third kappa shape index (κ3) is 4.64. The molecule has 0 saturated carbocycles. The highest BCUT2D eigenvalue weighted by Gasteiger charge is 2.11. The summed E-state index contributed by atoms with van der Waals surface area (Å²) in [5.74, 6) is 0.894. The zero-order chi connectivity index (χ0) is 15.1. The number of nitrogens with one attached hydrogen (secondary N) is 2. The first kappa shape index (κ1) is 15.1. The lowest BCUT2D eigenvalue weighted by atomic mass is 10.1. The molecule has 1 aromatic rings. The second-order valence-corrected chi connectivity index (χ2v) is 4.56. The van der Waals surface area contributed by atoms with Crippen molar-refractivity contribution in [2.45, 2.75) is 6.42 Å². The van der Waals surface area contributed by atoms with Gasteiger partial charge in [-0.05, 0) is 24.1 Å². The quantitative estimate of drug-likeness (QED) is 0.636. The Morgan fingerprint density at radius 3 is 2.62 bits per heavy atom. The molecule has 1 aliphatic heterocycles. The Morgan fingerprint density at radius 2 is 1.86 bits per heavy atom. The highest BCUT2D eigenvalue weighted by Crippen LogP contribution is 2.30. The zero-order valence-electron chi connectivity index (χ0n) is 11.7. The van der Waals surface area contributed by atoms with E-state index in [1.54, 1.807) is 0 Å². The summed E-state index contributed by atoms with van der Waals surface area (Å²) in [5.41, 5.74) is 6.17. The van der Waals surface area contributed by atoms with Gasteiger partial charge in [0.1, 0.15) is 13.2 Å². The summed E-state index contributed by atoms with van der Waals surface area (Å²) < 4.78 is 10.9. The minimum Gasteiger partial charge on any atom is -0.486 e. The van der Waals surface area contributed by atoms with Crippen molar-refractivity contribution in [3.63, 3.8) is 0 Å². The van der Waals surface area contributed by atoms with E-state index >= 15 is 0 Å². The lowest BCUT2D eigenvalue weighted by Gasteiger charge is -2.18. The lowest BCUT2D eigenvalue weighted by Crippen LogP contribution is -2.40. The van der Waals surface area contributed by atoms with Crippen LogP contribution in [-0.4, -0.2) is 44.7 Å². The number of benzene rings is 1. The molecule has 1 heterocycles. The normalized spacial score (nSPS) is 12.6. The van der Waals surface area contributed by atoms with Crippen molar-refractivity contribution < 1.29 is 19.1 Å². The van der Waals surface area contributed by atoms with Crippen LogP contribution < -0.4 is 25.8 Å². The predicted octanol–water partition coefficient (Wildman–Crippen LogP) is -0.809. The fourth-order valence-corrected chi connectivity index (χ4v) is 1.90. The van der Waals surface area contributed by atoms with Gasteiger partial charge in [0, 0.05) is 6.54 Å². The van der Waals surface area contributed by atoms with Crippen LogP contribution in [0.3, 0.4) is 0 Å². The zero-order valence-corrected chi connectivity index (χ0v) is 11.7. The van der Waals surface area contributed by atoms with Crippen molar-refractivity contribution in [2.75, 3.05) is 32.8 Å². The van der Waals surface area contributed by atoms with Gasteiger partial charge in [-0.1, -0.05) is 6.07 Å². The summed E-state index contributed by atoms with van der Waals surface area (Å²) in [5, 5.41) is 5.13. The van der Waals surface area contributed by atoms with Crippen LogP contribution >= 0.6 is 0 Å². The average Bonchev–Trinajstić information content (AvgIpc) is 2.52. The predicted molar refractivity (Wildman–Crippen MR) is 76.2 cm³/mol. The first-order valence-electron chi connectivity index (χ1n) is 6.81. The van der Waals surface area contributed by atoms with Gasteiger partial charge in [-0.3, -0.25) is 9.59 Å².